The van der Waals surface area contributed by atoms with Gasteiger partial charge in [-0.15, -0.1) is 0 Å². The maximum Gasteiger partial charge on any atom is 0.323 e. The summed E-state index contributed by atoms with van der Waals surface area (Å²) in [7, 11) is 0. The number of nitrogens with one attached hydrogen (secondary N) is 2. The van der Waals surface area contributed by atoms with Crippen LogP contribution >= 0.6 is 0 Å². The van der Waals surface area contributed by atoms with Gasteiger partial charge in [-0.25, -0.2) is 4.79 Å². The second-order valence-electron chi connectivity index (χ2n) is 5.84. The Morgan fingerprint density at radius 2 is 1.42 bits per heavy atom. The smallest absolute Gasteiger partial charge is 0.308 e. The summed E-state index contributed by atoms with van der Waals surface area (Å²) in [6.07, 6.45) is 0. The number of aryl methyl sites for hydroxylation is 2. The van der Waals surface area contributed by atoms with Crippen LogP contribution in [0, 0.1) is 13.8 Å². The van der Waals surface area contributed by atoms with Crippen molar-refractivity contribution in [1.29, 1.82) is 0 Å². The minimum absolute atomic E-state index is 0.240. The van der Waals surface area contributed by atoms with Crippen LogP contribution in [0.15, 0.2) is 72.8 Å². The molecule has 0 spiro atoms. The molecule has 24 heavy (non-hydrogen) atoms. The van der Waals surface area contributed by atoms with E-state index < -0.39 is 0 Å². The number of urea groups is 1. The molecule has 0 radical (unpaired) electrons. The van der Waals surface area contributed by atoms with E-state index in [-0.39, 0.29) is 6.03 Å². The van der Waals surface area contributed by atoms with Crippen molar-refractivity contribution in [2.24, 2.45) is 0 Å². The van der Waals surface area contributed by atoms with Gasteiger partial charge in [-0.3, -0.25) is 0 Å². The van der Waals surface area contributed by atoms with E-state index in [1.807, 2.05) is 74.5 Å². The van der Waals surface area contributed by atoms with Crippen molar-refractivity contribution >= 4 is 17.4 Å². The normalized spacial score (nSPS) is 10.2. The maximum absolute atomic E-state index is 12.2. The lowest BCUT2D eigenvalue weighted by atomic mass is 10.1. The lowest BCUT2D eigenvalue weighted by molar-refractivity contribution is 0.262. The van der Waals surface area contributed by atoms with Gasteiger partial charge in [-0.2, -0.15) is 0 Å². The van der Waals surface area contributed by atoms with Gasteiger partial charge in [-0.1, -0.05) is 54.6 Å². The second kappa shape index (κ2) is 7.01. The van der Waals surface area contributed by atoms with Crippen LogP contribution in [-0.4, -0.2) is 6.03 Å². The van der Waals surface area contributed by atoms with E-state index in [0.717, 1.165) is 33.6 Å². The third kappa shape index (κ3) is 3.82. The van der Waals surface area contributed by atoms with E-state index in [1.54, 1.807) is 0 Å². The van der Waals surface area contributed by atoms with Crippen LogP contribution in [0.1, 0.15) is 11.1 Å². The minimum Gasteiger partial charge on any atom is -0.308 e. The molecule has 2 amide bonds. The first kappa shape index (κ1) is 15.8. The molecule has 0 bridgehead atoms. The Labute approximate surface area is 142 Å². The summed E-state index contributed by atoms with van der Waals surface area (Å²) in [5, 5.41) is 5.76. The van der Waals surface area contributed by atoms with E-state index >= 15 is 0 Å². The number of rotatable bonds is 3. The van der Waals surface area contributed by atoms with Gasteiger partial charge in [0, 0.05) is 11.4 Å². The van der Waals surface area contributed by atoms with Crippen LogP contribution in [0.25, 0.3) is 11.1 Å². The van der Waals surface area contributed by atoms with Gasteiger partial charge in [0.1, 0.15) is 0 Å². The summed E-state index contributed by atoms with van der Waals surface area (Å²) in [6.45, 7) is 3.98. The zero-order valence-electron chi connectivity index (χ0n) is 13.8. The zero-order chi connectivity index (χ0) is 16.9. The summed E-state index contributed by atoms with van der Waals surface area (Å²) < 4.78 is 0. The molecule has 0 saturated heterocycles. The van der Waals surface area contributed by atoms with Crippen LogP contribution in [0.4, 0.5) is 16.2 Å². The number of amides is 2. The molecule has 0 aromatic heterocycles. The largest absolute Gasteiger partial charge is 0.323 e. The first-order chi connectivity index (χ1) is 11.6. The van der Waals surface area contributed by atoms with E-state index in [1.165, 1.54) is 0 Å². The Bertz CT molecular complexity index is 839. The van der Waals surface area contributed by atoms with E-state index in [2.05, 4.69) is 22.8 Å². The second-order valence-corrected chi connectivity index (χ2v) is 5.84. The predicted molar refractivity (Wildman–Crippen MR) is 100 cm³/mol. The topological polar surface area (TPSA) is 41.1 Å². The highest BCUT2D eigenvalue weighted by atomic mass is 16.2. The molecule has 3 heteroatoms. The molecule has 0 unspecified atom stereocenters. The number of carbonyl (C=O) groups is 1. The zero-order valence-corrected chi connectivity index (χ0v) is 13.8. The fourth-order valence-corrected chi connectivity index (χ4v) is 2.53. The van der Waals surface area contributed by atoms with E-state index in [0.29, 0.717) is 0 Å². The molecule has 0 atom stereocenters. The number of benzene rings is 3. The Kier molecular flexibility index (Phi) is 4.62. The summed E-state index contributed by atoms with van der Waals surface area (Å²) in [4.78, 5) is 12.2. The molecule has 3 aromatic carbocycles. The standard InChI is InChI=1S/C21H20N2O/c1-15-8-9-16(2)20(14-15)23-21(24)22-19-12-10-18(11-13-19)17-6-4-3-5-7-17/h3-14H,1-2H3,(H2,22,23,24). The van der Waals surface area contributed by atoms with Crippen molar-refractivity contribution in [2.75, 3.05) is 10.6 Å². The SMILES string of the molecule is Cc1ccc(C)c(NC(=O)Nc2ccc(-c3ccccc3)cc2)c1. The molecule has 0 saturated carbocycles. The van der Waals surface area contributed by atoms with Gasteiger partial charge in [0.2, 0.25) is 0 Å². The molecule has 0 aliphatic heterocycles. The van der Waals surface area contributed by atoms with Gasteiger partial charge in [0.05, 0.1) is 0 Å². The fraction of sp³-hybridized carbons (Fsp3) is 0.0952. The molecule has 2 N–H and O–H groups in total. The van der Waals surface area contributed by atoms with Crippen LogP contribution in [0.2, 0.25) is 0 Å². The number of carbonyl (C=O) groups excluding carboxylic acids is 1. The molecule has 0 fully saturated rings. The molecule has 3 aromatic rings. The highest BCUT2D eigenvalue weighted by molar-refractivity contribution is 6.00. The minimum atomic E-state index is -0.240. The summed E-state index contributed by atoms with van der Waals surface area (Å²) >= 11 is 0. The molecular weight excluding hydrogens is 296 g/mol. The predicted octanol–water partition coefficient (Wildman–Crippen LogP) is 5.61. The van der Waals surface area contributed by atoms with Crippen molar-refractivity contribution in [3.05, 3.63) is 83.9 Å². The first-order valence-corrected chi connectivity index (χ1v) is 7.92. The van der Waals surface area contributed by atoms with E-state index in [9.17, 15) is 4.79 Å². The van der Waals surface area contributed by atoms with Crippen molar-refractivity contribution in [1.82, 2.24) is 0 Å². The average Bonchev–Trinajstić information content (AvgIpc) is 2.59. The quantitative estimate of drug-likeness (QED) is 0.647. The molecule has 0 aliphatic carbocycles. The lowest BCUT2D eigenvalue weighted by Gasteiger charge is -2.11. The van der Waals surface area contributed by atoms with Gasteiger partial charge < -0.3 is 10.6 Å². The Morgan fingerprint density at radius 3 is 2.12 bits per heavy atom. The number of anilines is 2. The fourth-order valence-electron chi connectivity index (χ4n) is 2.53. The Morgan fingerprint density at radius 1 is 0.750 bits per heavy atom. The highest BCUT2D eigenvalue weighted by Crippen LogP contribution is 2.21. The summed E-state index contributed by atoms with van der Waals surface area (Å²) in [6, 6.07) is 23.7. The van der Waals surface area contributed by atoms with Crippen LogP contribution in [-0.2, 0) is 0 Å². The third-order valence-electron chi connectivity index (χ3n) is 3.89. The molecule has 3 rings (SSSR count). The maximum atomic E-state index is 12.2. The highest BCUT2D eigenvalue weighted by Gasteiger charge is 2.05. The molecule has 0 heterocycles. The average molecular weight is 316 g/mol. The van der Waals surface area contributed by atoms with Crippen LogP contribution in [0.5, 0.6) is 0 Å². The first-order valence-electron chi connectivity index (χ1n) is 7.92. The molecule has 0 aliphatic rings. The van der Waals surface area contributed by atoms with Crippen LogP contribution in [0.3, 0.4) is 0 Å². The van der Waals surface area contributed by atoms with Gasteiger partial charge >= 0.3 is 6.03 Å². The van der Waals surface area contributed by atoms with E-state index in [4.69, 9.17) is 0 Å². The molecule has 3 nitrogen and oxygen atoms in total. The summed E-state index contributed by atoms with van der Waals surface area (Å²) in [5.74, 6) is 0. The lowest BCUT2D eigenvalue weighted by Crippen LogP contribution is -2.20. The van der Waals surface area contributed by atoms with Gasteiger partial charge in [0.25, 0.3) is 0 Å². The Balaban J connectivity index is 1.67. The van der Waals surface area contributed by atoms with Crippen molar-refractivity contribution in [2.45, 2.75) is 13.8 Å². The monoisotopic (exact) mass is 316 g/mol. The van der Waals surface area contributed by atoms with Crippen molar-refractivity contribution in [3.8, 4) is 11.1 Å². The number of hydrogen-bond donors (Lipinski definition) is 2. The van der Waals surface area contributed by atoms with Gasteiger partial charge in [0.15, 0.2) is 0 Å². The van der Waals surface area contributed by atoms with Crippen molar-refractivity contribution in [3.63, 3.8) is 0 Å². The molecular formula is C21H20N2O. The van der Waals surface area contributed by atoms with Crippen LogP contribution < -0.4 is 10.6 Å². The van der Waals surface area contributed by atoms with Gasteiger partial charge in [-0.05, 0) is 54.3 Å². The number of hydrogen-bond acceptors (Lipinski definition) is 1. The van der Waals surface area contributed by atoms with Crippen molar-refractivity contribution < 1.29 is 4.79 Å². The summed E-state index contributed by atoms with van der Waals surface area (Å²) in [5.41, 5.74) is 6.02. The Hall–Kier alpha value is -3.07. The molecule has 120 valence electrons. The third-order valence-corrected chi connectivity index (χ3v) is 3.89.